The first-order valence-electron chi connectivity index (χ1n) is 8.11. The zero-order chi connectivity index (χ0) is 18.2. The molecule has 0 saturated carbocycles. The average molecular weight is 347 g/mol. The predicted molar refractivity (Wildman–Crippen MR) is 95.9 cm³/mol. The maximum Gasteiger partial charge on any atom is 0.314 e. The van der Waals surface area contributed by atoms with Gasteiger partial charge in [-0.3, -0.25) is 14.6 Å². The van der Waals surface area contributed by atoms with Crippen LogP contribution in [-0.4, -0.2) is 16.7 Å². The van der Waals surface area contributed by atoms with Gasteiger partial charge in [0.1, 0.15) is 24.5 Å². The molecule has 0 atom stereocenters. The number of carbonyl (C=O) groups excluding carboxylic acids is 2. The zero-order valence-electron chi connectivity index (χ0n) is 14.0. The molecule has 0 bridgehead atoms. The Labute approximate surface area is 151 Å². The van der Waals surface area contributed by atoms with Crippen LogP contribution in [0.3, 0.4) is 0 Å². The molecule has 3 aromatic rings. The molecule has 0 amide bonds. The second-order valence-corrected chi connectivity index (χ2v) is 5.56. The van der Waals surface area contributed by atoms with E-state index < -0.39 is 5.97 Å². The fourth-order valence-corrected chi connectivity index (χ4v) is 2.27. The van der Waals surface area contributed by atoms with Crippen LogP contribution in [0.2, 0.25) is 0 Å². The summed E-state index contributed by atoms with van der Waals surface area (Å²) in [5.41, 5.74) is 1.31. The Kier molecular flexibility index (Phi) is 5.72. The van der Waals surface area contributed by atoms with Crippen LogP contribution in [0.15, 0.2) is 79.1 Å². The summed E-state index contributed by atoms with van der Waals surface area (Å²) in [4.78, 5) is 28.0. The Hall–Kier alpha value is -3.47. The average Bonchev–Trinajstić information content (AvgIpc) is 2.68. The number of hydrogen-bond acceptors (Lipinski definition) is 5. The molecule has 5 heteroatoms. The van der Waals surface area contributed by atoms with E-state index in [0.29, 0.717) is 17.1 Å². The maximum absolute atomic E-state index is 12.2. The quantitative estimate of drug-likeness (QED) is 0.364. The fourth-order valence-electron chi connectivity index (χ4n) is 2.27. The summed E-state index contributed by atoms with van der Waals surface area (Å²) in [6, 6.07) is 19.5. The molecule has 0 aliphatic rings. The van der Waals surface area contributed by atoms with Crippen LogP contribution in [0, 0.1) is 0 Å². The Morgan fingerprint density at radius 3 is 2.31 bits per heavy atom. The second-order valence-electron chi connectivity index (χ2n) is 5.56. The molecule has 3 rings (SSSR count). The van der Waals surface area contributed by atoms with Gasteiger partial charge in [0, 0.05) is 11.8 Å². The first-order valence-corrected chi connectivity index (χ1v) is 8.11. The van der Waals surface area contributed by atoms with Crippen LogP contribution < -0.4 is 4.74 Å². The highest BCUT2D eigenvalue weighted by Gasteiger charge is 2.13. The summed E-state index contributed by atoms with van der Waals surface area (Å²) in [7, 11) is 0. The minimum absolute atomic E-state index is 0.158. The van der Waals surface area contributed by atoms with Crippen LogP contribution in [-0.2, 0) is 16.1 Å². The first kappa shape index (κ1) is 17.4. The van der Waals surface area contributed by atoms with Gasteiger partial charge in [-0.05, 0) is 42.0 Å². The van der Waals surface area contributed by atoms with Crippen molar-refractivity contribution in [3.63, 3.8) is 0 Å². The van der Waals surface area contributed by atoms with Gasteiger partial charge < -0.3 is 9.47 Å². The van der Waals surface area contributed by atoms with Crippen molar-refractivity contribution in [1.29, 1.82) is 0 Å². The van der Waals surface area contributed by atoms with Gasteiger partial charge in [-0.25, -0.2) is 0 Å². The molecule has 0 spiro atoms. The van der Waals surface area contributed by atoms with E-state index in [9.17, 15) is 9.59 Å². The third-order valence-electron chi connectivity index (χ3n) is 3.59. The predicted octanol–water partition coefficient (Wildman–Crippen LogP) is 4.19. The smallest absolute Gasteiger partial charge is 0.314 e. The molecule has 0 saturated heterocycles. The Balaban J connectivity index is 1.52. The highest BCUT2D eigenvalue weighted by atomic mass is 16.5. The van der Waals surface area contributed by atoms with Crippen molar-refractivity contribution in [3.8, 4) is 11.5 Å². The Bertz CT molecular complexity index is 862. The first-order chi connectivity index (χ1) is 12.7. The summed E-state index contributed by atoms with van der Waals surface area (Å²) < 4.78 is 10.7. The number of pyridine rings is 1. The largest absolute Gasteiger partial charge is 0.460 e. The minimum Gasteiger partial charge on any atom is -0.460 e. The molecular formula is C21H17NO4. The van der Waals surface area contributed by atoms with Crippen molar-refractivity contribution in [1.82, 2.24) is 4.98 Å². The Morgan fingerprint density at radius 1 is 0.846 bits per heavy atom. The maximum atomic E-state index is 12.2. The van der Waals surface area contributed by atoms with Gasteiger partial charge in [-0.2, -0.15) is 0 Å². The number of ether oxygens (including phenoxy) is 2. The number of hydrogen-bond donors (Lipinski definition) is 0. The van der Waals surface area contributed by atoms with Crippen molar-refractivity contribution < 1.29 is 19.1 Å². The van der Waals surface area contributed by atoms with Crippen LogP contribution in [0.1, 0.15) is 22.3 Å². The highest BCUT2D eigenvalue weighted by Crippen LogP contribution is 2.21. The van der Waals surface area contributed by atoms with E-state index >= 15 is 0 Å². The zero-order valence-corrected chi connectivity index (χ0v) is 14.0. The van der Waals surface area contributed by atoms with E-state index in [4.69, 9.17) is 9.47 Å². The van der Waals surface area contributed by atoms with Crippen molar-refractivity contribution in [2.75, 3.05) is 0 Å². The normalized spacial score (nSPS) is 10.2. The van der Waals surface area contributed by atoms with E-state index in [0.717, 1.165) is 5.56 Å². The van der Waals surface area contributed by atoms with E-state index in [1.54, 1.807) is 48.8 Å². The monoisotopic (exact) mass is 347 g/mol. The van der Waals surface area contributed by atoms with E-state index in [1.165, 1.54) is 0 Å². The highest BCUT2D eigenvalue weighted by molar-refractivity contribution is 6.05. The van der Waals surface area contributed by atoms with Gasteiger partial charge in [-0.15, -0.1) is 0 Å². The van der Waals surface area contributed by atoms with Crippen LogP contribution in [0.4, 0.5) is 0 Å². The van der Waals surface area contributed by atoms with Crippen LogP contribution in [0.25, 0.3) is 0 Å². The van der Waals surface area contributed by atoms with Gasteiger partial charge in [0.2, 0.25) is 0 Å². The van der Waals surface area contributed by atoms with Gasteiger partial charge in [0.25, 0.3) is 0 Å². The molecule has 26 heavy (non-hydrogen) atoms. The number of ketones is 1. The molecule has 5 nitrogen and oxygen atoms in total. The lowest BCUT2D eigenvalue weighted by molar-refractivity contribution is -0.143. The lowest BCUT2D eigenvalue weighted by atomic mass is 10.1. The van der Waals surface area contributed by atoms with Gasteiger partial charge in [-0.1, -0.05) is 30.3 Å². The van der Waals surface area contributed by atoms with Crippen molar-refractivity contribution in [2.24, 2.45) is 0 Å². The molecule has 130 valence electrons. The summed E-state index contributed by atoms with van der Waals surface area (Å²) >= 11 is 0. The molecule has 0 fully saturated rings. The molecule has 2 aromatic carbocycles. The van der Waals surface area contributed by atoms with E-state index in [1.807, 2.05) is 30.3 Å². The summed E-state index contributed by atoms with van der Waals surface area (Å²) in [6.07, 6.45) is 2.96. The molecule has 0 aliphatic heterocycles. The van der Waals surface area contributed by atoms with Crippen LogP contribution in [0.5, 0.6) is 11.5 Å². The molecular weight excluding hydrogens is 330 g/mol. The van der Waals surface area contributed by atoms with Crippen molar-refractivity contribution in [3.05, 3.63) is 90.3 Å². The number of esters is 1. The number of nitrogens with zero attached hydrogens (tertiary/aromatic N) is 1. The lowest BCUT2D eigenvalue weighted by Gasteiger charge is -2.07. The number of Topliss-reactive ketones (excluding diaryl/α,β-unsaturated/α-hetero) is 1. The SMILES string of the molecule is O=C(CC(=O)c1ccc(Oc2cccnc2)cc1)OCc1ccccc1. The lowest BCUT2D eigenvalue weighted by Crippen LogP contribution is -2.11. The van der Waals surface area contributed by atoms with Gasteiger partial charge >= 0.3 is 5.97 Å². The fraction of sp³-hybridized carbons (Fsp3) is 0.0952. The minimum atomic E-state index is -0.547. The molecule has 0 N–H and O–H groups in total. The topological polar surface area (TPSA) is 65.5 Å². The molecule has 0 aliphatic carbocycles. The molecule has 0 radical (unpaired) electrons. The molecule has 1 aromatic heterocycles. The summed E-state index contributed by atoms with van der Waals surface area (Å²) in [6.45, 7) is 0.158. The summed E-state index contributed by atoms with van der Waals surface area (Å²) in [5, 5.41) is 0. The van der Waals surface area contributed by atoms with Crippen molar-refractivity contribution >= 4 is 11.8 Å². The van der Waals surface area contributed by atoms with Gasteiger partial charge in [0.15, 0.2) is 5.78 Å². The Morgan fingerprint density at radius 2 is 1.62 bits per heavy atom. The van der Waals surface area contributed by atoms with Gasteiger partial charge in [0.05, 0.1) is 6.20 Å². The van der Waals surface area contributed by atoms with Crippen molar-refractivity contribution in [2.45, 2.75) is 13.0 Å². The van der Waals surface area contributed by atoms with E-state index in [2.05, 4.69) is 4.98 Å². The third kappa shape index (κ3) is 5.01. The summed E-state index contributed by atoms with van der Waals surface area (Å²) in [5.74, 6) is 0.350. The number of rotatable bonds is 7. The molecule has 0 unspecified atom stereocenters. The van der Waals surface area contributed by atoms with E-state index in [-0.39, 0.29) is 18.8 Å². The number of benzene rings is 2. The standard InChI is InChI=1S/C21H17NO4/c23-20(13-21(24)25-15-16-5-2-1-3-6-16)17-8-10-18(11-9-17)26-19-7-4-12-22-14-19/h1-12,14H,13,15H2. The molecule has 1 heterocycles. The second kappa shape index (κ2) is 8.58. The third-order valence-corrected chi connectivity index (χ3v) is 3.59. The number of aromatic nitrogens is 1. The van der Waals surface area contributed by atoms with Crippen LogP contribution >= 0.6 is 0 Å². The number of carbonyl (C=O) groups is 2.